The van der Waals surface area contributed by atoms with Crippen molar-refractivity contribution in [2.45, 2.75) is 0 Å². The van der Waals surface area contributed by atoms with Gasteiger partial charge in [0.15, 0.2) is 0 Å². The highest BCUT2D eigenvalue weighted by Crippen LogP contribution is 2.22. The highest BCUT2D eigenvalue weighted by atomic mass is 35.5. The fourth-order valence-electron chi connectivity index (χ4n) is 0.887. The summed E-state index contributed by atoms with van der Waals surface area (Å²) in [4.78, 5) is 22.2. The second-order valence-electron chi connectivity index (χ2n) is 2.71. The number of nitrogens with one attached hydrogen (secondary N) is 1. The molecule has 0 aromatic heterocycles. The first kappa shape index (κ1) is 12.0. The Morgan fingerprint density at radius 3 is 2.47 bits per heavy atom. The fraction of sp³-hybridized carbons (Fsp3) is 0.111. The molecule has 0 aliphatic rings. The molecule has 1 rings (SSSR count). The van der Waals surface area contributed by atoms with E-state index in [-0.39, 0.29) is 17.1 Å². The molecule has 0 aliphatic carbocycles. The van der Waals surface area contributed by atoms with E-state index in [1.807, 2.05) is 0 Å². The first-order valence-electron chi connectivity index (χ1n) is 4.04. The number of amides is 2. The molecule has 1 aromatic rings. The summed E-state index contributed by atoms with van der Waals surface area (Å²) in [5, 5.41) is 2.69. The van der Waals surface area contributed by atoms with Crippen LogP contribution in [0, 0.1) is 0 Å². The second-order valence-corrected chi connectivity index (χ2v) is 3.52. The van der Waals surface area contributed by atoms with Crippen LogP contribution in [0.25, 0.3) is 0 Å². The Balaban J connectivity index is 2.83. The summed E-state index contributed by atoms with van der Waals surface area (Å²) in [6, 6.07) is 4.32. The summed E-state index contributed by atoms with van der Waals surface area (Å²) in [5.41, 5.74) is 5.30. The van der Waals surface area contributed by atoms with Crippen LogP contribution in [0.1, 0.15) is 10.4 Å². The topological polar surface area (TPSA) is 72.2 Å². The van der Waals surface area contributed by atoms with Crippen LogP contribution in [0.15, 0.2) is 18.2 Å². The second kappa shape index (κ2) is 5.11. The number of nitrogens with two attached hydrogens (primary N) is 1. The van der Waals surface area contributed by atoms with E-state index in [2.05, 4.69) is 5.32 Å². The van der Waals surface area contributed by atoms with E-state index in [9.17, 15) is 9.59 Å². The molecule has 0 atom stereocenters. The Kier molecular flexibility index (Phi) is 4.08. The van der Waals surface area contributed by atoms with E-state index < -0.39 is 11.8 Å². The van der Waals surface area contributed by atoms with Crippen molar-refractivity contribution in [1.29, 1.82) is 0 Å². The Morgan fingerprint density at radius 1 is 1.27 bits per heavy atom. The Labute approximate surface area is 96.3 Å². The van der Waals surface area contributed by atoms with Gasteiger partial charge >= 0.3 is 0 Å². The van der Waals surface area contributed by atoms with Gasteiger partial charge in [-0.2, -0.15) is 0 Å². The maximum Gasteiger partial charge on any atom is 0.257 e. The van der Waals surface area contributed by atoms with Gasteiger partial charge in [0, 0.05) is 5.56 Å². The Morgan fingerprint density at radius 2 is 1.93 bits per heavy atom. The first-order chi connectivity index (χ1) is 7.04. The highest BCUT2D eigenvalue weighted by Gasteiger charge is 2.10. The normalized spacial score (nSPS) is 9.80. The van der Waals surface area contributed by atoms with Crippen molar-refractivity contribution in [3.8, 4) is 0 Å². The SMILES string of the molecule is NCC(=O)NC(=O)c1ccc(Cl)c(Cl)c1. The van der Waals surface area contributed by atoms with Crippen molar-refractivity contribution >= 4 is 35.0 Å². The van der Waals surface area contributed by atoms with Gasteiger partial charge in [-0.15, -0.1) is 0 Å². The average molecular weight is 247 g/mol. The van der Waals surface area contributed by atoms with Crippen molar-refractivity contribution in [3.63, 3.8) is 0 Å². The summed E-state index contributed by atoms with van der Waals surface area (Å²) in [5.74, 6) is -1.10. The van der Waals surface area contributed by atoms with Gasteiger partial charge in [-0.05, 0) is 18.2 Å². The maximum absolute atomic E-state index is 11.4. The lowest BCUT2D eigenvalue weighted by Crippen LogP contribution is -2.35. The van der Waals surface area contributed by atoms with E-state index in [0.29, 0.717) is 5.02 Å². The molecule has 0 heterocycles. The van der Waals surface area contributed by atoms with Crippen LogP contribution < -0.4 is 11.1 Å². The van der Waals surface area contributed by atoms with Gasteiger partial charge in [0.05, 0.1) is 16.6 Å². The van der Waals surface area contributed by atoms with E-state index in [4.69, 9.17) is 28.9 Å². The fourth-order valence-corrected chi connectivity index (χ4v) is 1.19. The number of rotatable bonds is 2. The van der Waals surface area contributed by atoms with Crippen LogP contribution in [0.4, 0.5) is 0 Å². The van der Waals surface area contributed by atoms with Crippen molar-refractivity contribution in [3.05, 3.63) is 33.8 Å². The van der Waals surface area contributed by atoms with Crippen LogP contribution >= 0.6 is 23.2 Å². The van der Waals surface area contributed by atoms with E-state index in [1.54, 1.807) is 0 Å². The van der Waals surface area contributed by atoms with Crippen molar-refractivity contribution in [1.82, 2.24) is 5.32 Å². The minimum Gasteiger partial charge on any atom is -0.322 e. The van der Waals surface area contributed by atoms with Gasteiger partial charge in [0.2, 0.25) is 5.91 Å². The summed E-state index contributed by atoms with van der Waals surface area (Å²) in [6.45, 7) is -0.243. The minimum absolute atomic E-state index is 0.243. The number of halogens is 2. The third-order valence-electron chi connectivity index (χ3n) is 1.62. The molecular formula is C9H8Cl2N2O2. The number of carbonyl (C=O) groups is 2. The Bertz CT molecular complexity index is 407. The lowest BCUT2D eigenvalue weighted by atomic mass is 10.2. The highest BCUT2D eigenvalue weighted by molar-refractivity contribution is 6.42. The first-order valence-corrected chi connectivity index (χ1v) is 4.79. The van der Waals surface area contributed by atoms with Crippen LogP contribution in [0.2, 0.25) is 10.0 Å². The predicted molar refractivity (Wildman–Crippen MR) is 58.0 cm³/mol. The summed E-state index contributed by atoms with van der Waals surface area (Å²) < 4.78 is 0. The average Bonchev–Trinajstić information content (AvgIpc) is 2.21. The molecule has 80 valence electrons. The zero-order valence-corrected chi connectivity index (χ0v) is 9.10. The molecule has 0 unspecified atom stereocenters. The zero-order valence-electron chi connectivity index (χ0n) is 7.59. The number of hydrogen-bond donors (Lipinski definition) is 2. The zero-order chi connectivity index (χ0) is 11.4. The van der Waals surface area contributed by atoms with E-state index >= 15 is 0 Å². The molecule has 1 aromatic carbocycles. The van der Waals surface area contributed by atoms with Crippen LogP contribution in [0.5, 0.6) is 0 Å². The standard InChI is InChI=1S/C9H8Cl2N2O2/c10-6-2-1-5(3-7(6)11)9(15)13-8(14)4-12/h1-3H,4,12H2,(H,13,14,15). The molecular weight excluding hydrogens is 239 g/mol. The smallest absolute Gasteiger partial charge is 0.257 e. The van der Waals surface area contributed by atoms with Gasteiger partial charge < -0.3 is 5.73 Å². The summed E-state index contributed by atoms with van der Waals surface area (Å²) in [6.07, 6.45) is 0. The van der Waals surface area contributed by atoms with Crippen LogP contribution in [-0.4, -0.2) is 18.4 Å². The third-order valence-corrected chi connectivity index (χ3v) is 2.36. The largest absolute Gasteiger partial charge is 0.322 e. The van der Waals surface area contributed by atoms with Gasteiger partial charge in [-0.3, -0.25) is 14.9 Å². The molecule has 2 amide bonds. The summed E-state index contributed by atoms with van der Waals surface area (Å²) >= 11 is 11.4. The molecule has 0 saturated carbocycles. The number of hydrogen-bond acceptors (Lipinski definition) is 3. The molecule has 4 nitrogen and oxygen atoms in total. The van der Waals surface area contributed by atoms with Gasteiger partial charge in [-0.25, -0.2) is 0 Å². The minimum atomic E-state index is -0.552. The molecule has 0 bridgehead atoms. The third kappa shape index (κ3) is 3.20. The van der Waals surface area contributed by atoms with Crippen LogP contribution in [-0.2, 0) is 4.79 Å². The van der Waals surface area contributed by atoms with Crippen LogP contribution in [0.3, 0.4) is 0 Å². The predicted octanol–water partition coefficient (Wildman–Crippen LogP) is 1.21. The van der Waals surface area contributed by atoms with Gasteiger partial charge in [0.25, 0.3) is 5.91 Å². The molecule has 0 radical (unpaired) electrons. The van der Waals surface area contributed by atoms with E-state index in [1.165, 1.54) is 18.2 Å². The number of imide groups is 1. The van der Waals surface area contributed by atoms with E-state index in [0.717, 1.165) is 0 Å². The maximum atomic E-state index is 11.4. The molecule has 6 heteroatoms. The Hall–Kier alpha value is -1.10. The molecule has 0 fully saturated rings. The molecule has 15 heavy (non-hydrogen) atoms. The molecule has 0 saturated heterocycles. The molecule has 3 N–H and O–H groups in total. The quantitative estimate of drug-likeness (QED) is 0.824. The lowest BCUT2D eigenvalue weighted by Gasteiger charge is -2.03. The summed E-state index contributed by atoms with van der Waals surface area (Å²) in [7, 11) is 0. The lowest BCUT2D eigenvalue weighted by molar-refractivity contribution is -0.118. The van der Waals surface area contributed by atoms with Crippen molar-refractivity contribution in [2.75, 3.05) is 6.54 Å². The molecule has 0 spiro atoms. The van der Waals surface area contributed by atoms with Crippen molar-refractivity contribution < 1.29 is 9.59 Å². The number of carbonyl (C=O) groups excluding carboxylic acids is 2. The van der Waals surface area contributed by atoms with Gasteiger partial charge in [-0.1, -0.05) is 23.2 Å². The number of benzene rings is 1. The molecule has 0 aliphatic heterocycles. The van der Waals surface area contributed by atoms with Crippen molar-refractivity contribution in [2.24, 2.45) is 5.73 Å². The van der Waals surface area contributed by atoms with Gasteiger partial charge in [0.1, 0.15) is 0 Å². The monoisotopic (exact) mass is 246 g/mol.